The summed E-state index contributed by atoms with van der Waals surface area (Å²) in [5, 5.41) is 11.6. The van der Waals surface area contributed by atoms with Gasteiger partial charge in [0.25, 0.3) is 0 Å². The standard InChI is InChI=1S/C16H12N2O/c17-8-11-5-4-10-2-1-3-12-14-6-7-15(19)18(14)9-13(11)16(10)12/h1-5,14H,6-7,9H2. The molecule has 4 rings (SSSR count). The molecule has 0 aromatic heterocycles. The SMILES string of the molecule is N#Cc1ccc2cccc3c2c1CN1C(=O)CCC31. The van der Waals surface area contributed by atoms with E-state index in [0.29, 0.717) is 18.5 Å². The van der Waals surface area contributed by atoms with Crippen LogP contribution >= 0.6 is 0 Å². The number of carbonyl (C=O) groups excluding carboxylic acids is 1. The van der Waals surface area contributed by atoms with Gasteiger partial charge >= 0.3 is 0 Å². The van der Waals surface area contributed by atoms with E-state index in [1.807, 2.05) is 23.1 Å². The number of rotatable bonds is 0. The van der Waals surface area contributed by atoms with Gasteiger partial charge in [-0.3, -0.25) is 4.79 Å². The summed E-state index contributed by atoms with van der Waals surface area (Å²) in [4.78, 5) is 13.9. The normalized spacial score (nSPS) is 20.5. The van der Waals surface area contributed by atoms with Crippen molar-refractivity contribution in [1.82, 2.24) is 4.90 Å². The second-order valence-corrected chi connectivity index (χ2v) is 5.22. The summed E-state index contributed by atoms with van der Waals surface area (Å²) in [7, 11) is 0. The molecule has 1 fully saturated rings. The molecule has 0 radical (unpaired) electrons. The van der Waals surface area contributed by atoms with Gasteiger partial charge in [-0.15, -0.1) is 0 Å². The molecule has 1 saturated heterocycles. The maximum Gasteiger partial charge on any atom is 0.223 e. The van der Waals surface area contributed by atoms with Crippen LogP contribution in [0.1, 0.15) is 35.6 Å². The third-order valence-electron chi connectivity index (χ3n) is 4.32. The molecule has 0 saturated carbocycles. The first-order chi connectivity index (χ1) is 9.29. The molecule has 0 spiro atoms. The Morgan fingerprint density at radius 2 is 2.16 bits per heavy atom. The number of nitrogens with zero attached hydrogens (tertiary/aromatic N) is 2. The molecule has 92 valence electrons. The summed E-state index contributed by atoms with van der Waals surface area (Å²) in [6.45, 7) is 0.584. The van der Waals surface area contributed by atoms with E-state index in [1.54, 1.807) is 0 Å². The maximum atomic E-state index is 12.0. The fourth-order valence-electron chi connectivity index (χ4n) is 3.46. The minimum atomic E-state index is 0.206. The van der Waals surface area contributed by atoms with Crippen LogP contribution < -0.4 is 0 Å². The smallest absolute Gasteiger partial charge is 0.223 e. The van der Waals surface area contributed by atoms with Crippen molar-refractivity contribution in [2.45, 2.75) is 25.4 Å². The minimum absolute atomic E-state index is 0.206. The highest BCUT2D eigenvalue weighted by atomic mass is 16.2. The van der Waals surface area contributed by atoms with Crippen molar-refractivity contribution in [2.24, 2.45) is 0 Å². The van der Waals surface area contributed by atoms with Crippen LogP contribution in [0.5, 0.6) is 0 Å². The van der Waals surface area contributed by atoms with Gasteiger partial charge in [0.15, 0.2) is 0 Å². The third kappa shape index (κ3) is 1.29. The Bertz CT molecular complexity index is 757. The Hall–Kier alpha value is -2.34. The first-order valence-corrected chi connectivity index (χ1v) is 6.53. The lowest BCUT2D eigenvalue weighted by Crippen LogP contribution is -2.30. The van der Waals surface area contributed by atoms with E-state index < -0.39 is 0 Å². The molecule has 19 heavy (non-hydrogen) atoms. The molecular weight excluding hydrogens is 236 g/mol. The highest BCUT2D eigenvalue weighted by Crippen LogP contribution is 2.43. The molecule has 0 bridgehead atoms. The Morgan fingerprint density at radius 1 is 1.26 bits per heavy atom. The molecule has 2 aromatic carbocycles. The first kappa shape index (κ1) is 10.6. The van der Waals surface area contributed by atoms with Crippen molar-refractivity contribution in [3.8, 4) is 6.07 Å². The van der Waals surface area contributed by atoms with Crippen LogP contribution in [0, 0.1) is 11.3 Å². The lowest BCUT2D eigenvalue weighted by atomic mass is 9.88. The van der Waals surface area contributed by atoms with Crippen molar-refractivity contribution in [3.05, 3.63) is 47.0 Å². The summed E-state index contributed by atoms with van der Waals surface area (Å²) < 4.78 is 0. The van der Waals surface area contributed by atoms with E-state index in [9.17, 15) is 10.1 Å². The zero-order valence-corrected chi connectivity index (χ0v) is 10.4. The quantitative estimate of drug-likeness (QED) is 0.719. The number of nitriles is 1. The summed E-state index contributed by atoms with van der Waals surface area (Å²) in [5.41, 5.74) is 2.92. The average molecular weight is 248 g/mol. The number of benzene rings is 2. The summed E-state index contributed by atoms with van der Waals surface area (Å²) >= 11 is 0. The third-order valence-corrected chi connectivity index (χ3v) is 4.32. The van der Waals surface area contributed by atoms with Crippen molar-refractivity contribution >= 4 is 16.7 Å². The van der Waals surface area contributed by atoms with Gasteiger partial charge in [-0.25, -0.2) is 0 Å². The van der Waals surface area contributed by atoms with Crippen LogP contribution in [0.15, 0.2) is 30.3 Å². The van der Waals surface area contributed by atoms with Gasteiger partial charge in [0, 0.05) is 13.0 Å². The van der Waals surface area contributed by atoms with E-state index >= 15 is 0 Å². The number of fused-ring (bicyclic) bond motifs is 2. The molecule has 0 N–H and O–H groups in total. The van der Waals surface area contributed by atoms with Crippen molar-refractivity contribution in [2.75, 3.05) is 0 Å². The number of hydrogen-bond donors (Lipinski definition) is 0. The number of carbonyl (C=O) groups is 1. The second-order valence-electron chi connectivity index (χ2n) is 5.22. The van der Waals surface area contributed by atoms with Crippen LogP contribution in [-0.2, 0) is 11.3 Å². The zero-order chi connectivity index (χ0) is 13.0. The zero-order valence-electron chi connectivity index (χ0n) is 10.4. The predicted octanol–water partition coefficient (Wildman–Crippen LogP) is 2.89. The topological polar surface area (TPSA) is 44.1 Å². The Morgan fingerprint density at radius 3 is 3.00 bits per heavy atom. The number of amides is 1. The molecule has 1 unspecified atom stereocenters. The monoisotopic (exact) mass is 248 g/mol. The van der Waals surface area contributed by atoms with E-state index in [4.69, 9.17) is 0 Å². The van der Waals surface area contributed by atoms with Crippen molar-refractivity contribution in [1.29, 1.82) is 5.26 Å². The van der Waals surface area contributed by atoms with Crippen molar-refractivity contribution in [3.63, 3.8) is 0 Å². The average Bonchev–Trinajstić information content (AvgIpc) is 2.82. The first-order valence-electron chi connectivity index (χ1n) is 6.53. The Balaban J connectivity index is 2.09. The molecule has 1 atom stereocenters. The number of hydrogen-bond acceptors (Lipinski definition) is 2. The fraction of sp³-hybridized carbons (Fsp3) is 0.250. The van der Waals surface area contributed by atoms with Crippen molar-refractivity contribution < 1.29 is 4.79 Å². The van der Waals surface area contributed by atoms with Gasteiger partial charge in [-0.05, 0) is 34.4 Å². The maximum absolute atomic E-state index is 12.0. The van der Waals surface area contributed by atoms with E-state index in [-0.39, 0.29) is 11.9 Å². The molecule has 0 aliphatic carbocycles. The van der Waals surface area contributed by atoms with Gasteiger partial charge in [-0.2, -0.15) is 5.26 Å². The van der Waals surface area contributed by atoms with Crippen LogP contribution in [0.2, 0.25) is 0 Å². The largest absolute Gasteiger partial charge is 0.331 e. The highest BCUT2D eigenvalue weighted by Gasteiger charge is 2.37. The summed E-state index contributed by atoms with van der Waals surface area (Å²) in [5.74, 6) is 0.209. The molecule has 2 aliphatic heterocycles. The molecule has 3 nitrogen and oxygen atoms in total. The molecular formula is C16H12N2O. The fourth-order valence-corrected chi connectivity index (χ4v) is 3.46. The van der Waals surface area contributed by atoms with E-state index in [0.717, 1.165) is 12.0 Å². The van der Waals surface area contributed by atoms with Crippen LogP contribution in [0.25, 0.3) is 10.8 Å². The van der Waals surface area contributed by atoms with Gasteiger partial charge in [-0.1, -0.05) is 24.3 Å². The van der Waals surface area contributed by atoms with Gasteiger partial charge in [0.05, 0.1) is 17.7 Å². The molecule has 3 heteroatoms. The van der Waals surface area contributed by atoms with Crippen LogP contribution in [0.4, 0.5) is 0 Å². The Kier molecular flexibility index (Phi) is 1.99. The molecule has 2 aromatic rings. The Labute approximate surface area is 111 Å². The predicted molar refractivity (Wildman–Crippen MR) is 71.2 cm³/mol. The summed E-state index contributed by atoms with van der Waals surface area (Å²) in [6.07, 6.45) is 1.52. The van der Waals surface area contributed by atoms with E-state index in [2.05, 4.69) is 18.2 Å². The van der Waals surface area contributed by atoms with Crippen LogP contribution in [-0.4, -0.2) is 10.8 Å². The highest BCUT2D eigenvalue weighted by molar-refractivity contribution is 5.94. The van der Waals surface area contributed by atoms with Gasteiger partial charge in [0.1, 0.15) is 0 Å². The van der Waals surface area contributed by atoms with Gasteiger partial charge in [0.2, 0.25) is 5.91 Å². The lowest BCUT2D eigenvalue weighted by Gasteiger charge is -2.32. The van der Waals surface area contributed by atoms with Gasteiger partial charge < -0.3 is 4.90 Å². The summed E-state index contributed by atoms with van der Waals surface area (Å²) in [6, 6.07) is 12.6. The van der Waals surface area contributed by atoms with Crippen LogP contribution in [0.3, 0.4) is 0 Å². The molecule has 1 amide bonds. The minimum Gasteiger partial charge on any atom is -0.331 e. The molecule has 2 heterocycles. The second kappa shape index (κ2) is 3.58. The van der Waals surface area contributed by atoms with E-state index in [1.165, 1.54) is 16.3 Å². The molecule has 2 aliphatic rings. The lowest BCUT2D eigenvalue weighted by molar-refractivity contribution is -0.129.